The molecule has 8 heteroatoms. The lowest BCUT2D eigenvalue weighted by atomic mass is 9.83. The van der Waals surface area contributed by atoms with Crippen LogP contribution in [0.25, 0.3) is 22.5 Å². The molecule has 1 atom stereocenters. The van der Waals surface area contributed by atoms with Gasteiger partial charge in [0.15, 0.2) is 27.8 Å². The van der Waals surface area contributed by atoms with Gasteiger partial charge in [-0.05, 0) is 88.7 Å². The summed E-state index contributed by atoms with van der Waals surface area (Å²) >= 11 is 1.40. The number of hydrogen-bond acceptors (Lipinski definition) is 7. The second-order valence-corrected chi connectivity index (χ2v) is 13.3. The van der Waals surface area contributed by atoms with Gasteiger partial charge in [0, 0.05) is 5.56 Å². The zero-order chi connectivity index (χ0) is 34.2. The topological polar surface area (TPSA) is 71.3 Å². The van der Waals surface area contributed by atoms with Crippen LogP contribution in [0.4, 0.5) is 0 Å². The lowest BCUT2D eigenvalue weighted by molar-refractivity contribution is 0.270. The van der Waals surface area contributed by atoms with Crippen LogP contribution in [0, 0.1) is 0 Å². The third-order valence-corrected chi connectivity index (χ3v) is 10.4. The van der Waals surface area contributed by atoms with Gasteiger partial charge in [0.25, 0.3) is 5.56 Å². The molecule has 1 aliphatic carbocycles. The number of aromatic nitrogens is 1. The molecular weight excluding hydrogens is 645 g/mol. The molecule has 6 aromatic rings. The standard InChI is InChI=1S/C42H36N2O5S/c1-4-48-37-22-26(16-20-35(37)49-25-30-13-9-12-27-10-5-7-14-31(27)30)23-38-41(45)44-40(29-18-21-34(46-2)36(24-29)47-3)33-19-17-28-11-6-8-15-32(28)39(33)43-42(44)50-38/h5-16,18,20-24,40H,4,17,19,25H2,1-3H3/b38-23-/t40-/m1/s1. The van der Waals surface area contributed by atoms with Gasteiger partial charge in [-0.15, -0.1) is 0 Å². The van der Waals surface area contributed by atoms with Crippen LogP contribution in [0.1, 0.15) is 47.2 Å². The van der Waals surface area contributed by atoms with E-state index in [1.807, 2.05) is 72.2 Å². The molecule has 50 heavy (non-hydrogen) atoms. The fourth-order valence-electron chi connectivity index (χ4n) is 7.07. The van der Waals surface area contributed by atoms with E-state index < -0.39 is 0 Å². The summed E-state index contributed by atoms with van der Waals surface area (Å²) in [7, 11) is 3.26. The van der Waals surface area contributed by atoms with Crippen molar-refractivity contribution in [3.63, 3.8) is 0 Å². The Morgan fingerprint density at radius 1 is 0.820 bits per heavy atom. The molecule has 5 aromatic carbocycles. The molecule has 2 heterocycles. The molecule has 2 aliphatic rings. The Morgan fingerprint density at radius 3 is 2.48 bits per heavy atom. The first-order valence-corrected chi connectivity index (χ1v) is 17.6. The van der Waals surface area contributed by atoms with Crippen molar-refractivity contribution in [2.45, 2.75) is 32.4 Å². The minimum Gasteiger partial charge on any atom is -0.493 e. The first-order valence-electron chi connectivity index (χ1n) is 16.8. The molecule has 250 valence electrons. The summed E-state index contributed by atoms with van der Waals surface area (Å²) in [5.74, 6) is 2.54. The summed E-state index contributed by atoms with van der Waals surface area (Å²) in [5, 5.41) is 2.34. The predicted molar refractivity (Wildman–Crippen MR) is 198 cm³/mol. The fourth-order valence-corrected chi connectivity index (χ4v) is 8.07. The normalized spacial score (nSPS) is 15.2. The molecule has 0 amide bonds. The highest BCUT2D eigenvalue weighted by atomic mass is 32.1. The minimum atomic E-state index is -0.333. The molecule has 7 nitrogen and oxygen atoms in total. The summed E-state index contributed by atoms with van der Waals surface area (Å²) < 4.78 is 26.0. The number of rotatable bonds is 9. The van der Waals surface area contributed by atoms with E-state index in [9.17, 15) is 4.79 Å². The maximum absolute atomic E-state index is 14.4. The number of fused-ring (bicyclic) bond motifs is 4. The highest BCUT2D eigenvalue weighted by molar-refractivity contribution is 7.07. The van der Waals surface area contributed by atoms with Crippen molar-refractivity contribution < 1.29 is 18.9 Å². The van der Waals surface area contributed by atoms with Crippen LogP contribution in [-0.4, -0.2) is 25.4 Å². The van der Waals surface area contributed by atoms with Gasteiger partial charge in [0.05, 0.1) is 37.1 Å². The lowest BCUT2D eigenvalue weighted by Crippen LogP contribution is -2.38. The number of nitrogens with zero attached hydrogens (tertiary/aromatic N) is 2. The molecule has 1 aliphatic heterocycles. The summed E-state index contributed by atoms with van der Waals surface area (Å²) in [4.78, 5) is 20.2. The number of methoxy groups -OCH3 is 2. The Balaban J connectivity index is 1.20. The van der Waals surface area contributed by atoms with E-state index in [4.69, 9.17) is 23.9 Å². The van der Waals surface area contributed by atoms with Crippen molar-refractivity contribution in [2.75, 3.05) is 20.8 Å². The number of aryl methyl sites for hydroxylation is 1. The second kappa shape index (κ2) is 13.4. The molecule has 1 aromatic heterocycles. The number of benzene rings is 5. The second-order valence-electron chi connectivity index (χ2n) is 12.3. The van der Waals surface area contributed by atoms with E-state index in [0.717, 1.165) is 51.8 Å². The Morgan fingerprint density at radius 2 is 1.62 bits per heavy atom. The van der Waals surface area contributed by atoms with E-state index in [1.54, 1.807) is 14.2 Å². The molecule has 0 saturated carbocycles. The Bertz CT molecular complexity index is 2470. The number of thiazole rings is 1. The third-order valence-electron chi connectivity index (χ3n) is 9.42. The van der Waals surface area contributed by atoms with Gasteiger partial charge in [0.1, 0.15) is 6.61 Å². The highest BCUT2D eigenvalue weighted by Gasteiger charge is 2.33. The van der Waals surface area contributed by atoms with E-state index >= 15 is 0 Å². The predicted octanol–water partition coefficient (Wildman–Crippen LogP) is 7.47. The van der Waals surface area contributed by atoms with Crippen LogP contribution in [0.3, 0.4) is 0 Å². The summed E-state index contributed by atoms with van der Waals surface area (Å²) in [6.07, 6.45) is 3.60. The largest absolute Gasteiger partial charge is 0.493 e. The smallest absolute Gasteiger partial charge is 0.271 e. The molecule has 0 saturated heterocycles. The van der Waals surface area contributed by atoms with E-state index in [2.05, 4.69) is 48.5 Å². The van der Waals surface area contributed by atoms with Crippen molar-refractivity contribution in [1.82, 2.24) is 4.57 Å². The van der Waals surface area contributed by atoms with Crippen LogP contribution < -0.4 is 33.8 Å². The molecule has 8 rings (SSSR count). The summed E-state index contributed by atoms with van der Waals surface area (Å²) in [6, 6.07) is 34.3. The van der Waals surface area contributed by atoms with E-state index in [0.29, 0.717) is 45.5 Å². The minimum absolute atomic E-state index is 0.0896. The summed E-state index contributed by atoms with van der Waals surface area (Å²) in [6.45, 7) is 2.84. The molecular formula is C42H36N2O5S. The van der Waals surface area contributed by atoms with Crippen LogP contribution in [-0.2, 0) is 13.0 Å². The average molecular weight is 681 g/mol. The lowest BCUT2D eigenvalue weighted by Gasteiger charge is -2.31. The van der Waals surface area contributed by atoms with Crippen LogP contribution in [0.5, 0.6) is 23.0 Å². The highest BCUT2D eigenvalue weighted by Crippen LogP contribution is 2.43. The zero-order valence-electron chi connectivity index (χ0n) is 28.1. The number of hydrogen-bond donors (Lipinski definition) is 0. The first kappa shape index (κ1) is 31.7. The van der Waals surface area contributed by atoms with Gasteiger partial charge < -0.3 is 18.9 Å². The molecule has 0 radical (unpaired) electrons. The summed E-state index contributed by atoms with van der Waals surface area (Å²) in [5.41, 5.74) is 7.27. The van der Waals surface area contributed by atoms with Gasteiger partial charge in [-0.3, -0.25) is 9.36 Å². The monoisotopic (exact) mass is 680 g/mol. The molecule has 0 fully saturated rings. The Labute approximate surface area is 294 Å². The van der Waals surface area contributed by atoms with E-state index in [1.165, 1.54) is 22.3 Å². The van der Waals surface area contributed by atoms with Crippen LogP contribution in [0.15, 0.2) is 118 Å². The van der Waals surface area contributed by atoms with Gasteiger partial charge in [-0.2, -0.15) is 0 Å². The molecule has 0 bridgehead atoms. The van der Waals surface area contributed by atoms with E-state index in [-0.39, 0.29) is 11.6 Å². The van der Waals surface area contributed by atoms with Crippen molar-refractivity contribution in [2.24, 2.45) is 4.99 Å². The van der Waals surface area contributed by atoms with Gasteiger partial charge >= 0.3 is 0 Å². The van der Waals surface area contributed by atoms with Crippen LogP contribution in [0.2, 0.25) is 0 Å². The maximum atomic E-state index is 14.4. The first-order chi connectivity index (χ1) is 24.6. The van der Waals surface area contributed by atoms with Gasteiger partial charge in [-0.25, -0.2) is 4.99 Å². The maximum Gasteiger partial charge on any atom is 0.271 e. The van der Waals surface area contributed by atoms with Crippen molar-refractivity contribution in [1.29, 1.82) is 0 Å². The molecule has 0 spiro atoms. The average Bonchev–Trinajstić information content (AvgIpc) is 3.46. The van der Waals surface area contributed by atoms with Crippen molar-refractivity contribution >= 4 is 33.9 Å². The van der Waals surface area contributed by atoms with Crippen molar-refractivity contribution in [3.8, 4) is 23.0 Å². The Hall–Kier alpha value is -5.60. The third kappa shape index (κ3) is 5.65. The number of ether oxygens (including phenoxy) is 4. The van der Waals surface area contributed by atoms with Gasteiger partial charge in [-0.1, -0.05) is 90.2 Å². The SMILES string of the molecule is CCOc1cc(/C=c2\sc3n(c2=O)[C@H](c2ccc(OC)c(OC)c2)C2=C(N=3)c3ccccc3CC2)ccc1OCc1cccc2ccccc12. The van der Waals surface area contributed by atoms with Gasteiger partial charge in [0.2, 0.25) is 0 Å². The molecule has 0 unspecified atom stereocenters. The van der Waals surface area contributed by atoms with Crippen LogP contribution >= 0.6 is 11.3 Å². The quantitative estimate of drug-likeness (QED) is 0.159. The number of allylic oxidation sites excluding steroid dienone is 1. The fraction of sp³-hybridized carbons (Fsp3) is 0.190. The molecule has 0 N–H and O–H groups in total. The van der Waals surface area contributed by atoms with Crippen molar-refractivity contribution in [3.05, 3.63) is 156 Å². The zero-order valence-corrected chi connectivity index (χ0v) is 29.0. The Kier molecular flexibility index (Phi) is 8.46.